The molecule has 9 heteroatoms. The van der Waals surface area contributed by atoms with Gasteiger partial charge >= 0.3 is 0 Å². The van der Waals surface area contributed by atoms with E-state index < -0.39 is 4.92 Å². The Labute approximate surface area is 124 Å². The van der Waals surface area contributed by atoms with Crippen LogP contribution in [0.5, 0.6) is 5.75 Å². The first-order valence-electron chi connectivity index (χ1n) is 6.44. The minimum Gasteiger partial charge on any atom is -0.492 e. The number of imidazole rings is 1. The molecular formula is C13H12N6O3. The molecule has 0 amide bonds. The molecule has 3 rings (SSSR count). The Morgan fingerprint density at radius 2 is 2.00 bits per heavy atom. The second-order valence-corrected chi connectivity index (χ2v) is 4.47. The number of non-ortho nitro benzene ring substituents is 1. The second kappa shape index (κ2) is 5.64. The molecule has 9 nitrogen and oxygen atoms in total. The Kier molecular flexibility index (Phi) is 3.52. The molecule has 0 spiro atoms. The molecule has 2 heterocycles. The third kappa shape index (κ3) is 2.64. The molecule has 0 atom stereocenters. The van der Waals surface area contributed by atoms with Crippen LogP contribution in [-0.4, -0.2) is 31.0 Å². The van der Waals surface area contributed by atoms with Gasteiger partial charge in [-0.25, -0.2) is 15.0 Å². The summed E-state index contributed by atoms with van der Waals surface area (Å²) in [6.45, 7) is 0.886. The number of hydrogen-bond donors (Lipinski definition) is 1. The number of nitrogens with two attached hydrogens (primary N) is 1. The summed E-state index contributed by atoms with van der Waals surface area (Å²) in [5, 5.41) is 10.6. The number of aromatic nitrogens is 4. The first-order chi connectivity index (χ1) is 10.6. The van der Waals surface area contributed by atoms with Crippen molar-refractivity contribution >= 4 is 22.7 Å². The van der Waals surface area contributed by atoms with Crippen molar-refractivity contribution in [1.29, 1.82) is 0 Å². The number of nitrogen functional groups attached to an aromatic ring is 1. The maximum Gasteiger partial charge on any atom is 0.269 e. The molecule has 0 saturated heterocycles. The van der Waals surface area contributed by atoms with Crippen LogP contribution in [0.4, 0.5) is 11.5 Å². The zero-order chi connectivity index (χ0) is 15.5. The van der Waals surface area contributed by atoms with Gasteiger partial charge in [0, 0.05) is 12.1 Å². The van der Waals surface area contributed by atoms with Gasteiger partial charge in [0.1, 0.15) is 24.2 Å². The standard InChI is InChI=1S/C13H12N6O3/c14-12-11-13(16-7-15-12)18(8-17-11)5-6-22-10-3-1-9(2-4-10)19(20)21/h1-4,7-8H,5-6H2,(H2,14,15,16). The number of benzene rings is 1. The van der Waals surface area contributed by atoms with Crippen LogP contribution in [0.25, 0.3) is 11.2 Å². The average Bonchev–Trinajstić information content (AvgIpc) is 2.93. The van der Waals surface area contributed by atoms with E-state index in [1.165, 1.54) is 18.5 Å². The molecule has 0 saturated carbocycles. The number of fused-ring (bicyclic) bond motifs is 1. The summed E-state index contributed by atoms with van der Waals surface area (Å²) in [5.41, 5.74) is 6.93. The van der Waals surface area contributed by atoms with E-state index >= 15 is 0 Å². The molecule has 2 aromatic heterocycles. The van der Waals surface area contributed by atoms with E-state index in [9.17, 15) is 10.1 Å². The average molecular weight is 300 g/mol. The van der Waals surface area contributed by atoms with Gasteiger partial charge in [-0.1, -0.05) is 0 Å². The summed E-state index contributed by atoms with van der Waals surface area (Å²) in [7, 11) is 0. The highest BCUT2D eigenvalue weighted by molar-refractivity contribution is 5.81. The lowest BCUT2D eigenvalue weighted by Gasteiger charge is -2.07. The summed E-state index contributed by atoms with van der Waals surface area (Å²) in [6.07, 6.45) is 3.00. The first kappa shape index (κ1) is 13.7. The van der Waals surface area contributed by atoms with Gasteiger partial charge in [0.15, 0.2) is 11.5 Å². The zero-order valence-electron chi connectivity index (χ0n) is 11.4. The van der Waals surface area contributed by atoms with Gasteiger partial charge in [-0.05, 0) is 12.1 Å². The number of nitrogens with zero attached hydrogens (tertiary/aromatic N) is 5. The second-order valence-electron chi connectivity index (χ2n) is 4.47. The Balaban J connectivity index is 1.65. The summed E-state index contributed by atoms with van der Waals surface area (Å²) >= 11 is 0. The van der Waals surface area contributed by atoms with Crippen molar-refractivity contribution < 1.29 is 9.66 Å². The summed E-state index contributed by atoms with van der Waals surface area (Å²) in [6, 6.07) is 5.92. The fourth-order valence-electron chi connectivity index (χ4n) is 1.99. The van der Waals surface area contributed by atoms with Gasteiger partial charge in [0.05, 0.1) is 17.8 Å². The summed E-state index contributed by atoms with van der Waals surface area (Å²) in [4.78, 5) is 22.3. The zero-order valence-corrected chi connectivity index (χ0v) is 11.4. The van der Waals surface area contributed by atoms with Crippen LogP contribution in [-0.2, 0) is 6.54 Å². The van der Waals surface area contributed by atoms with E-state index in [2.05, 4.69) is 15.0 Å². The van der Waals surface area contributed by atoms with Crippen LogP contribution in [0, 0.1) is 10.1 Å². The largest absolute Gasteiger partial charge is 0.492 e. The fourth-order valence-corrected chi connectivity index (χ4v) is 1.99. The molecule has 0 unspecified atom stereocenters. The van der Waals surface area contributed by atoms with Crippen LogP contribution < -0.4 is 10.5 Å². The molecule has 0 aliphatic heterocycles. The van der Waals surface area contributed by atoms with Crippen LogP contribution in [0.3, 0.4) is 0 Å². The molecule has 3 aromatic rings. The van der Waals surface area contributed by atoms with E-state index in [4.69, 9.17) is 10.5 Å². The van der Waals surface area contributed by atoms with Gasteiger partial charge in [-0.2, -0.15) is 0 Å². The van der Waals surface area contributed by atoms with Crippen molar-refractivity contribution in [3.63, 3.8) is 0 Å². The van der Waals surface area contributed by atoms with Crippen molar-refractivity contribution in [3.05, 3.63) is 47.0 Å². The molecule has 0 aliphatic carbocycles. The van der Waals surface area contributed by atoms with E-state index in [0.717, 1.165) is 0 Å². The van der Waals surface area contributed by atoms with Crippen molar-refractivity contribution in [1.82, 2.24) is 19.5 Å². The molecule has 22 heavy (non-hydrogen) atoms. The van der Waals surface area contributed by atoms with Crippen molar-refractivity contribution in [2.24, 2.45) is 0 Å². The number of nitro groups is 1. The molecule has 112 valence electrons. The summed E-state index contributed by atoms with van der Waals surface area (Å²) < 4.78 is 7.35. The first-order valence-corrected chi connectivity index (χ1v) is 6.44. The minimum absolute atomic E-state index is 0.0279. The van der Waals surface area contributed by atoms with Crippen LogP contribution >= 0.6 is 0 Å². The van der Waals surface area contributed by atoms with Gasteiger partial charge < -0.3 is 15.0 Å². The number of nitro benzene ring substituents is 1. The Hall–Kier alpha value is -3.23. The normalized spacial score (nSPS) is 10.7. The number of hydrogen-bond acceptors (Lipinski definition) is 7. The molecule has 0 fully saturated rings. The van der Waals surface area contributed by atoms with Crippen molar-refractivity contribution in [3.8, 4) is 5.75 Å². The van der Waals surface area contributed by atoms with E-state index in [1.54, 1.807) is 23.0 Å². The number of ether oxygens (including phenoxy) is 1. The lowest BCUT2D eigenvalue weighted by atomic mass is 10.3. The highest BCUT2D eigenvalue weighted by Gasteiger charge is 2.08. The quantitative estimate of drug-likeness (QED) is 0.558. The third-order valence-corrected chi connectivity index (χ3v) is 3.08. The predicted molar refractivity (Wildman–Crippen MR) is 78.3 cm³/mol. The van der Waals surface area contributed by atoms with Crippen molar-refractivity contribution in [2.45, 2.75) is 6.54 Å². The van der Waals surface area contributed by atoms with E-state index in [-0.39, 0.29) is 5.69 Å². The SMILES string of the molecule is Nc1ncnc2c1ncn2CCOc1ccc([N+](=O)[O-])cc1. The lowest BCUT2D eigenvalue weighted by Crippen LogP contribution is -2.08. The van der Waals surface area contributed by atoms with Crippen molar-refractivity contribution in [2.75, 3.05) is 12.3 Å². The molecule has 0 bridgehead atoms. The van der Waals surface area contributed by atoms with E-state index in [1.807, 2.05) is 0 Å². The summed E-state index contributed by atoms with van der Waals surface area (Å²) in [5.74, 6) is 0.893. The Morgan fingerprint density at radius 3 is 2.73 bits per heavy atom. The Bertz CT molecular complexity index is 814. The number of rotatable bonds is 5. The smallest absolute Gasteiger partial charge is 0.269 e. The molecule has 2 N–H and O–H groups in total. The molecule has 0 radical (unpaired) electrons. The van der Waals surface area contributed by atoms with Gasteiger partial charge in [-0.15, -0.1) is 0 Å². The van der Waals surface area contributed by atoms with Gasteiger partial charge in [0.25, 0.3) is 5.69 Å². The maximum atomic E-state index is 10.6. The van der Waals surface area contributed by atoms with Gasteiger partial charge in [-0.3, -0.25) is 10.1 Å². The molecule has 1 aromatic carbocycles. The third-order valence-electron chi connectivity index (χ3n) is 3.08. The van der Waals surface area contributed by atoms with Crippen LogP contribution in [0.2, 0.25) is 0 Å². The minimum atomic E-state index is -0.453. The highest BCUT2D eigenvalue weighted by atomic mass is 16.6. The topological polar surface area (TPSA) is 122 Å². The lowest BCUT2D eigenvalue weighted by molar-refractivity contribution is -0.384. The maximum absolute atomic E-state index is 10.6. The number of anilines is 1. The molecular weight excluding hydrogens is 288 g/mol. The fraction of sp³-hybridized carbons (Fsp3) is 0.154. The van der Waals surface area contributed by atoms with Crippen LogP contribution in [0.15, 0.2) is 36.9 Å². The van der Waals surface area contributed by atoms with Crippen LogP contribution in [0.1, 0.15) is 0 Å². The molecule has 0 aliphatic rings. The van der Waals surface area contributed by atoms with Gasteiger partial charge in [0.2, 0.25) is 0 Å². The Morgan fingerprint density at radius 1 is 1.23 bits per heavy atom. The predicted octanol–water partition coefficient (Wildman–Crippen LogP) is 1.40. The monoisotopic (exact) mass is 300 g/mol. The van der Waals surface area contributed by atoms with E-state index in [0.29, 0.717) is 35.9 Å². The highest BCUT2D eigenvalue weighted by Crippen LogP contribution is 2.18.